The molecule has 0 atom stereocenters. The average molecular weight is 394 g/mol. The second-order valence-corrected chi connectivity index (χ2v) is 7.76. The Kier molecular flexibility index (Phi) is 4.16. The molecule has 0 unspecified atom stereocenters. The topological polar surface area (TPSA) is 94.0 Å². The van der Waals surface area contributed by atoms with Crippen molar-refractivity contribution in [1.82, 2.24) is 19.9 Å². The van der Waals surface area contributed by atoms with E-state index in [4.69, 9.17) is 5.73 Å². The van der Waals surface area contributed by atoms with E-state index in [-0.39, 0.29) is 34.3 Å². The molecular weight excluding hydrogens is 371 g/mol. The summed E-state index contributed by atoms with van der Waals surface area (Å²) >= 11 is 0. The van der Waals surface area contributed by atoms with E-state index in [0.29, 0.717) is 17.6 Å². The first kappa shape index (κ1) is 17.9. The number of nitrogens with one attached hydrogen (secondary N) is 2. The third kappa shape index (κ3) is 3.00. The Labute approximate surface area is 166 Å². The minimum absolute atomic E-state index is 0.135. The van der Waals surface area contributed by atoms with Gasteiger partial charge in [0, 0.05) is 43.6 Å². The summed E-state index contributed by atoms with van der Waals surface area (Å²) in [5, 5.41) is 0.734. The van der Waals surface area contributed by atoms with Gasteiger partial charge in [0.05, 0.1) is 21.9 Å². The van der Waals surface area contributed by atoms with Crippen molar-refractivity contribution >= 4 is 34.3 Å². The van der Waals surface area contributed by atoms with Crippen LogP contribution in [-0.2, 0) is 0 Å². The van der Waals surface area contributed by atoms with Crippen molar-refractivity contribution in [1.29, 1.82) is 0 Å². The van der Waals surface area contributed by atoms with Crippen molar-refractivity contribution in [2.75, 3.05) is 43.9 Å². The van der Waals surface area contributed by atoms with Crippen molar-refractivity contribution < 1.29 is 4.39 Å². The van der Waals surface area contributed by atoms with E-state index in [1.807, 2.05) is 18.2 Å². The molecule has 7 nitrogen and oxygen atoms in total. The molecule has 3 aromatic rings. The van der Waals surface area contributed by atoms with Gasteiger partial charge < -0.3 is 25.5 Å². The first-order valence-corrected chi connectivity index (χ1v) is 9.85. The van der Waals surface area contributed by atoms with Crippen LogP contribution in [-0.4, -0.2) is 53.1 Å². The quantitative estimate of drug-likeness (QED) is 0.601. The summed E-state index contributed by atoms with van der Waals surface area (Å²) in [7, 11) is 2.13. The molecule has 1 aromatic carbocycles. The number of piperazine rings is 1. The largest absolute Gasteiger partial charge is 0.397 e. The lowest BCUT2D eigenvalue weighted by atomic mass is 10.1. The Hall–Kier alpha value is -3.13. The lowest BCUT2D eigenvalue weighted by Gasteiger charge is -2.34. The summed E-state index contributed by atoms with van der Waals surface area (Å²) in [6, 6.07) is 6.02. The molecule has 8 heteroatoms. The van der Waals surface area contributed by atoms with Crippen LogP contribution in [0.3, 0.4) is 0 Å². The number of nitrogens with zero attached hydrogens (tertiary/aromatic N) is 3. The van der Waals surface area contributed by atoms with Crippen molar-refractivity contribution in [3.63, 3.8) is 0 Å². The molecule has 4 N–H and O–H groups in total. The number of hydrogen-bond acceptors (Lipinski definition) is 5. The van der Waals surface area contributed by atoms with Gasteiger partial charge in [-0.1, -0.05) is 6.08 Å². The highest BCUT2D eigenvalue weighted by Crippen LogP contribution is 2.25. The van der Waals surface area contributed by atoms with E-state index in [0.717, 1.165) is 42.9 Å². The standard InChI is InChI=1S/C21H23FN6O/c1-27-7-9-28(10-8-27)12-5-6-14-16(11-12)25-20(24-14)18-19(23)17-13(22)3-2-4-15(17)26-21(18)29/h4-6,11H,2-3,7-10,23H2,1H3,(H,24,25)(H,26,29). The maximum atomic E-state index is 14.4. The van der Waals surface area contributed by atoms with Crippen molar-refractivity contribution in [3.05, 3.63) is 39.1 Å². The zero-order valence-corrected chi connectivity index (χ0v) is 16.3. The number of nitrogens with two attached hydrogens (primary N) is 1. The van der Waals surface area contributed by atoms with Gasteiger partial charge in [0.2, 0.25) is 0 Å². The molecule has 1 fully saturated rings. The average Bonchev–Trinajstić information content (AvgIpc) is 3.11. The van der Waals surface area contributed by atoms with Gasteiger partial charge in [-0.3, -0.25) is 4.79 Å². The van der Waals surface area contributed by atoms with E-state index in [1.54, 1.807) is 6.08 Å². The molecule has 150 valence electrons. The molecule has 0 spiro atoms. The summed E-state index contributed by atoms with van der Waals surface area (Å²) in [5.41, 5.74) is 8.86. The first-order chi connectivity index (χ1) is 14.0. The van der Waals surface area contributed by atoms with E-state index in [1.165, 1.54) is 0 Å². The third-order valence-electron chi connectivity index (χ3n) is 5.84. The summed E-state index contributed by atoms with van der Waals surface area (Å²) in [6.45, 7) is 3.97. The summed E-state index contributed by atoms with van der Waals surface area (Å²) in [6.07, 6.45) is 2.64. The lowest BCUT2D eigenvalue weighted by Crippen LogP contribution is -2.44. The number of pyridine rings is 1. The number of H-pyrrole nitrogens is 2. The molecule has 0 radical (unpaired) electrons. The number of hydrogen-bond donors (Lipinski definition) is 3. The van der Waals surface area contributed by atoms with Crippen molar-refractivity contribution in [3.8, 4) is 11.4 Å². The highest BCUT2D eigenvalue weighted by molar-refractivity contribution is 5.85. The van der Waals surface area contributed by atoms with Crippen LogP contribution in [0.1, 0.15) is 12.8 Å². The number of nitrogen functional groups attached to an aromatic ring is 1. The third-order valence-corrected chi connectivity index (χ3v) is 5.84. The highest BCUT2D eigenvalue weighted by Gasteiger charge is 2.19. The van der Waals surface area contributed by atoms with Crippen LogP contribution in [0.15, 0.2) is 23.0 Å². The van der Waals surface area contributed by atoms with Crippen LogP contribution in [0, 0.1) is 0 Å². The van der Waals surface area contributed by atoms with Crippen molar-refractivity contribution in [2.45, 2.75) is 12.8 Å². The Morgan fingerprint density at radius 1 is 1.17 bits per heavy atom. The van der Waals surface area contributed by atoms with E-state index in [9.17, 15) is 9.18 Å². The smallest absolute Gasteiger partial charge is 0.261 e. The second kappa shape index (κ2) is 6.73. The fourth-order valence-corrected chi connectivity index (χ4v) is 4.17. The highest BCUT2D eigenvalue weighted by atomic mass is 19.1. The van der Waals surface area contributed by atoms with Gasteiger partial charge in [-0.05, 0) is 31.7 Å². The molecule has 1 aliphatic heterocycles. The summed E-state index contributed by atoms with van der Waals surface area (Å²) < 4.78 is 14.4. The van der Waals surface area contributed by atoms with Gasteiger partial charge in [-0.2, -0.15) is 0 Å². The van der Waals surface area contributed by atoms with Gasteiger partial charge in [0.25, 0.3) is 5.56 Å². The van der Waals surface area contributed by atoms with E-state index in [2.05, 4.69) is 31.8 Å². The van der Waals surface area contributed by atoms with Crippen LogP contribution in [0.25, 0.3) is 34.3 Å². The maximum Gasteiger partial charge on any atom is 0.261 e. The number of fused-ring (bicyclic) bond motifs is 2. The molecule has 29 heavy (non-hydrogen) atoms. The second-order valence-electron chi connectivity index (χ2n) is 7.76. The molecule has 0 bridgehead atoms. The minimum Gasteiger partial charge on any atom is -0.397 e. The molecule has 3 heterocycles. The van der Waals surface area contributed by atoms with Crippen LogP contribution < -0.4 is 26.8 Å². The van der Waals surface area contributed by atoms with Crippen LogP contribution in [0.2, 0.25) is 0 Å². The van der Waals surface area contributed by atoms with Crippen LogP contribution in [0.5, 0.6) is 0 Å². The number of anilines is 2. The zero-order chi connectivity index (χ0) is 20.1. The van der Waals surface area contributed by atoms with Crippen molar-refractivity contribution in [2.24, 2.45) is 0 Å². The lowest BCUT2D eigenvalue weighted by molar-refractivity contribution is 0.313. The van der Waals surface area contributed by atoms with E-state index < -0.39 is 0 Å². The molecule has 5 rings (SSSR count). The van der Waals surface area contributed by atoms with Crippen LogP contribution in [0.4, 0.5) is 15.8 Å². The zero-order valence-electron chi connectivity index (χ0n) is 16.3. The van der Waals surface area contributed by atoms with Gasteiger partial charge in [0.15, 0.2) is 0 Å². The van der Waals surface area contributed by atoms with Gasteiger partial charge in [0.1, 0.15) is 17.2 Å². The van der Waals surface area contributed by atoms with Crippen LogP contribution >= 0.6 is 0 Å². The number of rotatable bonds is 2. The molecule has 2 aromatic heterocycles. The summed E-state index contributed by atoms with van der Waals surface area (Å²) in [5.74, 6) is 0.0569. The number of imidazole rings is 1. The molecule has 1 aliphatic carbocycles. The number of aromatic amines is 2. The maximum absolute atomic E-state index is 14.4. The SMILES string of the molecule is CN1CCN(c2ccc3nc(-c4c(N)c5c([nH]c4=O)=CCCC=5F)[nH]c3c2)CC1. The monoisotopic (exact) mass is 394 g/mol. The predicted octanol–water partition coefficient (Wildman–Crippen LogP) is 0.904. The van der Waals surface area contributed by atoms with Gasteiger partial charge >= 0.3 is 0 Å². The normalized spacial score (nSPS) is 17.4. The fraction of sp³-hybridized carbons (Fsp3) is 0.333. The molecular formula is C21H23FN6O. The van der Waals surface area contributed by atoms with E-state index >= 15 is 0 Å². The Morgan fingerprint density at radius 2 is 1.97 bits per heavy atom. The number of halogens is 1. The van der Waals surface area contributed by atoms with Gasteiger partial charge in [-0.25, -0.2) is 9.37 Å². The minimum atomic E-state index is -0.370. The molecule has 2 aliphatic rings. The predicted molar refractivity (Wildman–Crippen MR) is 114 cm³/mol. The Balaban J connectivity index is 1.61. The summed E-state index contributed by atoms with van der Waals surface area (Å²) in [4.78, 5) is 27.8. The first-order valence-electron chi connectivity index (χ1n) is 9.85. The number of aromatic nitrogens is 3. The number of benzene rings is 1. The molecule has 1 saturated heterocycles. The number of likely N-dealkylation sites (N-methyl/N-ethyl adjacent to an activating group) is 1. The fourth-order valence-electron chi connectivity index (χ4n) is 4.17. The molecule has 0 amide bonds. The Bertz CT molecular complexity index is 1280. The Morgan fingerprint density at radius 3 is 2.76 bits per heavy atom. The van der Waals surface area contributed by atoms with Gasteiger partial charge in [-0.15, -0.1) is 0 Å². The molecule has 0 saturated carbocycles.